The van der Waals surface area contributed by atoms with Crippen LogP contribution in [-0.4, -0.2) is 61.4 Å². The normalized spacial score (nSPS) is 18.1. The summed E-state index contributed by atoms with van der Waals surface area (Å²) < 4.78 is 0. The first-order valence-electron chi connectivity index (χ1n) is 9.72. The third kappa shape index (κ3) is 4.20. The van der Waals surface area contributed by atoms with E-state index in [9.17, 15) is 0 Å². The molecule has 1 N–H and O–H groups in total. The van der Waals surface area contributed by atoms with Gasteiger partial charge >= 0.3 is 0 Å². The first kappa shape index (κ1) is 18.9. The van der Waals surface area contributed by atoms with Crippen molar-refractivity contribution in [3.05, 3.63) is 35.0 Å². The van der Waals surface area contributed by atoms with E-state index in [2.05, 4.69) is 67.5 Å². The van der Waals surface area contributed by atoms with Crippen LogP contribution in [0.25, 0.3) is 10.7 Å². The maximum atomic E-state index is 4.24. The number of piperazine rings is 1. The molecule has 0 amide bonds. The maximum absolute atomic E-state index is 4.24. The van der Waals surface area contributed by atoms with Gasteiger partial charge < -0.3 is 4.90 Å². The van der Waals surface area contributed by atoms with Gasteiger partial charge in [0.05, 0.1) is 16.3 Å². The molecule has 148 valence electrons. The average molecular weight is 399 g/mol. The van der Waals surface area contributed by atoms with Gasteiger partial charge in [0.15, 0.2) is 0 Å². The molecular formula is C19H26N8S. The molecule has 28 heavy (non-hydrogen) atoms. The summed E-state index contributed by atoms with van der Waals surface area (Å²) in [7, 11) is 0. The molecular weight excluding hydrogens is 372 g/mol. The van der Waals surface area contributed by atoms with Crippen LogP contribution in [0.5, 0.6) is 0 Å². The molecule has 0 bridgehead atoms. The molecule has 0 spiro atoms. The molecule has 3 aromatic heterocycles. The molecule has 4 rings (SSSR count). The second kappa shape index (κ2) is 8.32. The predicted octanol–water partition coefficient (Wildman–Crippen LogP) is 2.63. The minimum Gasteiger partial charge on any atom is -0.367 e. The van der Waals surface area contributed by atoms with E-state index in [-0.39, 0.29) is 0 Å². The molecule has 0 aromatic carbocycles. The Hall–Kier alpha value is -2.39. The van der Waals surface area contributed by atoms with Crippen molar-refractivity contribution in [2.75, 3.05) is 24.5 Å². The monoisotopic (exact) mass is 398 g/mol. The van der Waals surface area contributed by atoms with Crippen molar-refractivity contribution in [3.63, 3.8) is 0 Å². The summed E-state index contributed by atoms with van der Waals surface area (Å²) in [4.78, 5) is 7.41. The lowest BCUT2D eigenvalue weighted by Gasteiger charge is -2.40. The van der Waals surface area contributed by atoms with Gasteiger partial charge in [-0.25, -0.2) is 0 Å². The van der Waals surface area contributed by atoms with Gasteiger partial charge in [-0.05, 0) is 42.7 Å². The second-order valence-electron chi connectivity index (χ2n) is 7.74. The summed E-state index contributed by atoms with van der Waals surface area (Å²) in [5.74, 6) is 1.30. The Labute approximate surface area is 169 Å². The quantitative estimate of drug-likeness (QED) is 0.683. The molecule has 1 aliphatic rings. The van der Waals surface area contributed by atoms with Crippen LogP contribution in [0.15, 0.2) is 24.4 Å². The van der Waals surface area contributed by atoms with Gasteiger partial charge in [-0.3, -0.25) is 4.90 Å². The summed E-state index contributed by atoms with van der Waals surface area (Å²) in [5.41, 5.74) is 2.25. The number of thiophene rings is 1. The fourth-order valence-electron chi connectivity index (χ4n) is 3.66. The second-order valence-corrected chi connectivity index (χ2v) is 8.88. The molecule has 9 heteroatoms. The highest BCUT2D eigenvalue weighted by molar-refractivity contribution is 7.16. The van der Waals surface area contributed by atoms with E-state index in [1.165, 1.54) is 10.6 Å². The predicted molar refractivity (Wildman–Crippen MR) is 110 cm³/mol. The number of hydrogen-bond donors (Lipinski definition) is 1. The Balaban J connectivity index is 1.52. The van der Waals surface area contributed by atoms with Gasteiger partial charge in [0.2, 0.25) is 5.82 Å². The fraction of sp³-hybridized carbons (Fsp3) is 0.526. The lowest BCUT2D eigenvalue weighted by atomic mass is 10.1. The molecule has 1 fully saturated rings. The summed E-state index contributed by atoms with van der Waals surface area (Å²) in [6, 6.07) is 6.73. The van der Waals surface area contributed by atoms with Gasteiger partial charge in [0, 0.05) is 43.3 Å². The summed E-state index contributed by atoms with van der Waals surface area (Å²) in [6.07, 6.45) is 2.79. The maximum Gasteiger partial charge on any atom is 0.216 e. The van der Waals surface area contributed by atoms with E-state index in [0.29, 0.717) is 17.8 Å². The number of nitrogens with zero attached hydrogens (tertiary/aromatic N) is 7. The summed E-state index contributed by atoms with van der Waals surface area (Å²) in [5, 5.41) is 23.0. The van der Waals surface area contributed by atoms with Crippen LogP contribution in [0.2, 0.25) is 0 Å². The van der Waals surface area contributed by atoms with Crippen LogP contribution >= 0.6 is 11.3 Å². The molecule has 0 unspecified atom stereocenters. The Morgan fingerprint density at radius 1 is 1.29 bits per heavy atom. The Bertz CT molecular complexity index is 877. The first-order valence-corrected chi connectivity index (χ1v) is 10.5. The number of nitrogens with one attached hydrogen (secondary N) is 1. The molecule has 0 saturated carbocycles. The minimum absolute atomic E-state index is 0.419. The number of anilines is 1. The third-order valence-corrected chi connectivity index (χ3v) is 6.16. The van der Waals surface area contributed by atoms with Crippen LogP contribution in [-0.2, 0) is 13.0 Å². The zero-order valence-electron chi connectivity index (χ0n) is 16.5. The van der Waals surface area contributed by atoms with E-state index in [1.807, 2.05) is 12.1 Å². The molecule has 8 nitrogen and oxygen atoms in total. The van der Waals surface area contributed by atoms with Crippen molar-refractivity contribution in [2.24, 2.45) is 5.92 Å². The molecule has 4 heterocycles. The van der Waals surface area contributed by atoms with E-state index in [0.717, 1.165) is 43.2 Å². The first-order chi connectivity index (χ1) is 13.6. The van der Waals surface area contributed by atoms with E-state index < -0.39 is 0 Å². The van der Waals surface area contributed by atoms with Gasteiger partial charge in [-0.2, -0.15) is 15.4 Å². The summed E-state index contributed by atoms with van der Waals surface area (Å²) in [6.45, 7) is 10.5. The van der Waals surface area contributed by atoms with E-state index in [4.69, 9.17) is 0 Å². The van der Waals surface area contributed by atoms with Crippen LogP contribution in [0.4, 0.5) is 5.69 Å². The van der Waals surface area contributed by atoms with Crippen molar-refractivity contribution in [1.29, 1.82) is 0 Å². The smallest absolute Gasteiger partial charge is 0.216 e. The van der Waals surface area contributed by atoms with Crippen molar-refractivity contribution < 1.29 is 0 Å². The molecule has 0 aliphatic carbocycles. The van der Waals surface area contributed by atoms with Crippen LogP contribution in [0.3, 0.4) is 0 Å². The fourth-order valence-corrected chi connectivity index (χ4v) is 4.98. The van der Waals surface area contributed by atoms with Crippen LogP contribution in [0.1, 0.15) is 31.3 Å². The van der Waals surface area contributed by atoms with Crippen LogP contribution < -0.4 is 4.90 Å². The lowest BCUT2D eigenvalue weighted by Crippen LogP contribution is -2.51. The van der Waals surface area contributed by atoms with Gasteiger partial charge in [0.25, 0.3) is 0 Å². The van der Waals surface area contributed by atoms with Gasteiger partial charge in [-0.15, -0.1) is 21.5 Å². The Kier molecular flexibility index (Phi) is 5.63. The van der Waals surface area contributed by atoms with Crippen molar-refractivity contribution in [1.82, 2.24) is 35.7 Å². The topological polar surface area (TPSA) is 86.7 Å². The standard InChI is InChI=1S/C19H26N8S/c1-13(2)9-16-10-17(18(28-16)19-22-24-25-23-19)27-8-7-26(14(3)11-27)12-15-5-4-6-20-21-15/h4-6,10,13-14H,7-9,11-12H2,1-3H3,(H,22,23,24,25)/t14-/m0/s1. The highest BCUT2D eigenvalue weighted by Gasteiger charge is 2.28. The van der Waals surface area contributed by atoms with Crippen molar-refractivity contribution in [2.45, 2.75) is 39.8 Å². The number of aromatic amines is 1. The Morgan fingerprint density at radius 3 is 2.86 bits per heavy atom. The highest BCUT2D eigenvalue weighted by atomic mass is 32.1. The SMILES string of the molecule is CC(C)Cc1cc(N2CCN(Cc3cccnn3)[C@@H](C)C2)c(-c2nn[nH]n2)s1. The lowest BCUT2D eigenvalue weighted by molar-refractivity contribution is 0.178. The molecule has 3 aromatic rings. The number of aromatic nitrogens is 6. The molecule has 1 aliphatic heterocycles. The van der Waals surface area contributed by atoms with Gasteiger partial charge in [-0.1, -0.05) is 13.8 Å². The zero-order chi connectivity index (χ0) is 19.5. The molecule has 0 radical (unpaired) electrons. The van der Waals surface area contributed by atoms with E-state index in [1.54, 1.807) is 17.5 Å². The average Bonchev–Trinajstić information content (AvgIpc) is 3.33. The summed E-state index contributed by atoms with van der Waals surface area (Å²) >= 11 is 1.79. The number of hydrogen-bond acceptors (Lipinski definition) is 8. The molecule has 1 saturated heterocycles. The van der Waals surface area contributed by atoms with E-state index >= 15 is 0 Å². The number of tetrazole rings is 1. The largest absolute Gasteiger partial charge is 0.367 e. The highest BCUT2D eigenvalue weighted by Crippen LogP contribution is 2.39. The van der Waals surface area contributed by atoms with Crippen molar-refractivity contribution in [3.8, 4) is 10.7 Å². The minimum atomic E-state index is 0.419. The zero-order valence-corrected chi connectivity index (χ0v) is 17.4. The number of H-pyrrole nitrogens is 1. The molecule has 1 atom stereocenters. The number of rotatable bonds is 6. The van der Waals surface area contributed by atoms with Gasteiger partial charge in [0.1, 0.15) is 0 Å². The Morgan fingerprint density at radius 2 is 2.18 bits per heavy atom. The van der Waals surface area contributed by atoms with Crippen LogP contribution in [0, 0.1) is 5.92 Å². The third-order valence-electron chi connectivity index (χ3n) is 5.02. The van der Waals surface area contributed by atoms with Crippen molar-refractivity contribution >= 4 is 17.0 Å².